The number of esters is 1. The van der Waals surface area contributed by atoms with E-state index >= 15 is 0 Å². The van der Waals surface area contributed by atoms with Gasteiger partial charge in [0, 0.05) is 17.9 Å². The zero-order valence-corrected chi connectivity index (χ0v) is 15.2. The van der Waals surface area contributed by atoms with Gasteiger partial charge in [-0.3, -0.25) is 14.9 Å². The first kappa shape index (κ1) is 20.0. The van der Waals surface area contributed by atoms with Crippen molar-refractivity contribution in [2.45, 2.75) is 4.90 Å². The highest BCUT2D eigenvalue weighted by Gasteiger charge is 2.24. The van der Waals surface area contributed by atoms with Crippen LogP contribution in [-0.4, -0.2) is 45.1 Å². The zero-order valence-electron chi connectivity index (χ0n) is 14.4. The van der Waals surface area contributed by atoms with E-state index in [4.69, 9.17) is 9.47 Å². The molecule has 9 nitrogen and oxygen atoms in total. The summed E-state index contributed by atoms with van der Waals surface area (Å²) in [6, 6.07) is 8.99. The topological polar surface area (TPSA) is 130 Å². The number of nitrogens with zero attached hydrogens (tertiary/aromatic N) is 1. The second kappa shape index (κ2) is 7.96. The van der Waals surface area contributed by atoms with Crippen molar-refractivity contribution in [2.24, 2.45) is 0 Å². The minimum absolute atomic E-state index is 0.239. The number of ketones is 1. The molecule has 0 aliphatic rings. The SMILES string of the molecule is COc1ccc(C(=O)COC(=O)c2ccc(S(C)(=O)=O)c([N+](=O)[O-])c2)cc1. The lowest BCUT2D eigenvalue weighted by molar-refractivity contribution is -0.387. The molecule has 0 aliphatic heterocycles. The maximum atomic E-state index is 12.1. The van der Waals surface area contributed by atoms with E-state index in [0.717, 1.165) is 24.5 Å². The number of methoxy groups -OCH3 is 1. The number of ether oxygens (including phenoxy) is 2. The van der Waals surface area contributed by atoms with Crippen molar-refractivity contribution in [3.05, 3.63) is 63.7 Å². The quantitative estimate of drug-likeness (QED) is 0.302. The van der Waals surface area contributed by atoms with E-state index < -0.39 is 43.7 Å². The Morgan fingerprint density at radius 2 is 1.67 bits per heavy atom. The Bertz CT molecular complexity index is 996. The number of carbonyl (C=O) groups is 2. The van der Waals surface area contributed by atoms with Gasteiger partial charge in [0.05, 0.1) is 17.6 Å². The third-order valence-corrected chi connectivity index (χ3v) is 4.68. The van der Waals surface area contributed by atoms with Gasteiger partial charge < -0.3 is 9.47 Å². The number of rotatable bonds is 7. The van der Waals surface area contributed by atoms with Crippen LogP contribution in [-0.2, 0) is 14.6 Å². The van der Waals surface area contributed by atoms with Crippen LogP contribution in [0.5, 0.6) is 5.75 Å². The summed E-state index contributed by atoms with van der Waals surface area (Å²) in [5, 5.41) is 11.1. The molecule has 0 unspecified atom stereocenters. The molecule has 0 fully saturated rings. The second-order valence-corrected chi connectivity index (χ2v) is 7.42. The molecule has 2 aromatic rings. The molecule has 2 rings (SSSR count). The number of hydrogen-bond acceptors (Lipinski definition) is 8. The molecule has 0 aromatic heterocycles. The van der Waals surface area contributed by atoms with Gasteiger partial charge in [-0.05, 0) is 36.4 Å². The Balaban J connectivity index is 2.14. The summed E-state index contributed by atoms with van der Waals surface area (Å²) in [5.41, 5.74) is -0.688. The fourth-order valence-electron chi connectivity index (χ4n) is 2.18. The number of carbonyl (C=O) groups excluding carboxylic acids is 2. The molecule has 0 aliphatic carbocycles. The van der Waals surface area contributed by atoms with E-state index in [1.165, 1.54) is 19.2 Å². The van der Waals surface area contributed by atoms with E-state index in [0.29, 0.717) is 11.3 Å². The van der Waals surface area contributed by atoms with Gasteiger partial charge in [-0.2, -0.15) is 0 Å². The number of nitro benzene ring substituents is 1. The predicted octanol–water partition coefficient (Wildman–Crippen LogP) is 2.05. The molecule has 2 aromatic carbocycles. The predicted molar refractivity (Wildman–Crippen MR) is 93.8 cm³/mol. The maximum absolute atomic E-state index is 12.1. The highest BCUT2D eigenvalue weighted by atomic mass is 32.2. The van der Waals surface area contributed by atoms with Crippen LogP contribution in [0.3, 0.4) is 0 Å². The maximum Gasteiger partial charge on any atom is 0.338 e. The lowest BCUT2D eigenvalue weighted by atomic mass is 10.1. The van der Waals surface area contributed by atoms with Crippen LogP contribution in [0.2, 0.25) is 0 Å². The Morgan fingerprint density at radius 1 is 1.07 bits per heavy atom. The molecule has 142 valence electrons. The molecule has 0 spiro atoms. The van der Waals surface area contributed by atoms with Crippen LogP contribution < -0.4 is 4.74 Å². The average molecular weight is 393 g/mol. The van der Waals surface area contributed by atoms with E-state index in [-0.39, 0.29) is 5.56 Å². The molecule has 0 N–H and O–H groups in total. The summed E-state index contributed by atoms with van der Waals surface area (Å²) in [4.78, 5) is 33.7. The van der Waals surface area contributed by atoms with E-state index in [1.54, 1.807) is 12.1 Å². The lowest BCUT2D eigenvalue weighted by Crippen LogP contribution is -2.15. The molecular weight excluding hydrogens is 378 g/mol. The largest absolute Gasteiger partial charge is 0.497 e. The number of sulfone groups is 1. The summed E-state index contributed by atoms with van der Waals surface area (Å²) in [6.45, 7) is -0.577. The van der Waals surface area contributed by atoms with E-state index in [1.807, 2.05) is 0 Å². The smallest absolute Gasteiger partial charge is 0.338 e. The molecule has 0 atom stereocenters. The van der Waals surface area contributed by atoms with Crippen LogP contribution >= 0.6 is 0 Å². The summed E-state index contributed by atoms with van der Waals surface area (Å²) >= 11 is 0. The molecule has 0 bridgehead atoms. The third kappa shape index (κ3) is 4.88. The second-order valence-electron chi connectivity index (χ2n) is 5.44. The fourth-order valence-corrected chi connectivity index (χ4v) is 3.00. The van der Waals surface area contributed by atoms with Crippen molar-refractivity contribution in [3.8, 4) is 5.75 Å². The highest BCUT2D eigenvalue weighted by Crippen LogP contribution is 2.25. The number of benzene rings is 2. The van der Waals surface area contributed by atoms with Gasteiger partial charge in [-0.15, -0.1) is 0 Å². The summed E-state index contributed by atoms with van der Waals surface area (Å²) < 4.78 is 33.0. The molecule has 0 saturated carbocycles. The van der Waals surface area contributed by atoms with E-state index in [2.05, 4.69) is 0 Å². The molecule has 10 heteroatoms. The molecular formula is C17H15NO8S. The van der Waals surface area contributed by atoms with Crippen LogP contribution in [0, 0.1) is 10.1 Å². The Hall–Kier alpha value is -3.27. The number of hydrogen-bond donors (Lipinski definition) is 0. The minimum Gasteiger partial charge on any atom is -0.497 e. The lowest BCUT2D eigenvalue weighted by Gasteiger charge is -2.06. The molecule has 27 heavy (non-hydrogen) atoms. The van der Waals surface area contributed by atoms with Gasteiger partial charge in [0.25, 0.3) is 5.69 Å². The van der Waals surface area contributed by atoms with Crippen LogP contribution in [0.15, 0.2) is 47.4 Å². The van der Waals surface area contributed by atoms with Gasteiger partial charge >= 0.3 is 5.97 Å². The van der Waals surface area contributed by atoms with Gasteiger partial charge in [-0.1, -0.05) is 0 Å². The van der Waals surface area contributed by atoms with Crippen molar-refractivity contribution < 1.29 is 32.4 Å². The van der Waals surface area contributed by atoms with Gasteiger partial charge in [0.15, 0.2) is 22.2 Å². The average Bonchev–Trinajstić information content (AvgIpc) is 2.64. The summed E-state index contributed by atoms with van der Waals surface area (Å²) in [5.74, 6) is -0.907. The van der Waals surface area contributed by atoms with Crippen molar-refractivity contribution in [1.29, 1.82) is 0 Å². The number of Topliss-reactive ketones (excluding diaryl/α,β-unsaturated/α-hetero) is 1. The normalized spacial score (nSPS) is 10.9. The van der Waals surface area contributed by atoms with Crippen molar-refractivity contribution in [1.82, 2.24) is 0 Å². The Kier molecular flexibility index (Phi) is 5.91. The van der Waals surface area contributed by atoms with E-state index in [9.17, 15) is 28.1 Å². The summed E-state index contributed by atoms with van der Waals surface area (Å²) in [7, 11) is -2.37. The van der Waals surface area contributed by atoms with Crippen molar-refractivity contribution >= 4 is 27.3 Å². The van der Waals surface area contributed by atoms with Crippen LogP contribution in [0.25, 0.3) is 0 Å². The zero-order chi connectivity index (χ0) is 20.2. The van der Waals surface area contributed by atoms with Gasteiger partial charge in [-0.25, -0.2) is 13.2 Å². The Morgan fingerprint density at radius 3 is 2.19 bits per heavy atom. The standard InChI is InChI=1S/C17H15NO8S/c1-25-13-6-3-11(4-7-13)15(19)10-26-17(20)12-5-8-16(27(2,23)24)14(9-12)18(21)22/h3-9H,10H2,1-2H3. The van der Waals surface area contributed by atoms with Crippen molar-refractivity contribution in [3.63, 3.8) is 0 Å². The first-order valence-corrected chi connectivity index (χ1v) is 9.35. The Labute approximate surface area is 154 Å². The third-order valence-electron chi connectivity index (χ3n) is 3.54. The first-order valence-electron chi connectivity index (χ1n) is 7.46. The molecule has 0 radical (unpaired) electrons. The molecule has 0 amide bonds. The summed E-state index contributed by atoms with van der Waals surface area (Å²) in [6.07, 6.45) is 0.820. The minimum atomic E-state index is -3.85. The fraction of sp³-hybridized carbons (Fsp3) is 0.176. The first-order chi connectivity index (χ1) is 12.6. The van der Waals surface area contributed by atoms with Crippen molar-refractivity contribution in [2.75, 3.05) is 20.0 Å². The molecule has 0 saturated heterocycles. The molecule has 0 heterocycles. The monoisotopic (exact) mass is 393 g/mol. The van der Waals surface area contributed by atoms with Gasteiger partial charge in [0.2, 0.25) is 0 Å². The van der Waals surface area contributed by atoms with Crippen LogP contribution in [0.1, 0.15) is 20.7 Å². The highest BCUT2D eigenvalue weighted by molar-refractivity contribution is 7.90. The van der Waals surface area contributed by atoms with Crippen LogP contribution in [0.4, 0.5) is 5.69 Å². The van der Waals surface area contributed by atoms with Gasteiger partial charge in [0.1, 0.15) is 10.6 Å². The number of nitro groups is 1.